The van der Waals surface area contributed by atoms with E-state index in [2.05, 4.69) is 48.4 Å². The summed E-state index contributed by atoms with van der Waals surface area (Å²) in [6.07, 6.45) is 0. The first-order valence-electron chi connectivity index (χ1n) is 5.83. The summed E-state index contributed by atoms with van der Waals surface area (Å²) in [5.74, 6) is 0. The second kappa shape index (κ2) is 4.93. The maximum atomic E-state index is 3.37. The van der Waals surface area contributed by atoms with E-state index in [0.29, 0.717) is 6.04 Å². The molecule has 0 aromatic carbocycles. The molecule has 0 amide bonds. The largest absolute Gasteiger partial charge is 0.257 e. The molecule has 1 aliphatic rings. The summed E-state index contributed by atoms with van der Waals surface area (Å²) in [6, 6.07) is 1.85. The Labute approximate surface area is 97.0 Å². The lowest BCUT2D eigenvalue weighted by atomic mass is 9.98. The molecule has 0 aromatic heterocycles. The van der Waals surface area contributed by atoms with Crippen LogP contribution in [0.1, 0.15) is 13.8 Å². The molecule has 1 N–H and O–H groups in total. The van der Waals surface area contributed by atoms with E-state index in [9.17, 15) is 0 Å². The van der Waals surface area contributed by atoms with Crippen molar-refractivity contribution in [2.75, 3.05) is 34.2 Å². The first kappa shape index (κ1) is 13.1. The summed E-state index contributed by atoms with van der Waals surface area (Å²) in [5, 5.41) is 7.09. The molecular formula is C10H26N4Si. The van der Waals surface area contributed by atoms with E-state index < -0.39 is 0 Å². The van der Waals surface area contributed by atoms with Crippen LogP contribution in [0.25, 0.3) is 0 Å². The fourth-order valence-electron chi connectivity index (χ4n) is 2.53. The van der Waals surface area contributed by atoms with Gasteiger partial charge in [0.1, 0.15) is 0 Å². The van der Waals surface area contributed by atoms with Gasteiger partial charge in [-0.1, -0.05) is 0 Å². The fraction of sp³-hybridized carbons (Fsp3) is 1.00. The average molecular weight is 230 g/mol. The molecule has 0 radical (unpaired) electrons. The molecule has 4 nitrogen and oxygen atoms in total. The van der Waals surface area contributed by atoms with Gasteiger partial charge >= 0.3 is 0 Å². The average Bonchev–Trinajstić information content (AvgIpc) is 2.17. The smallest absolute Gasteiger partial charge is 0.0439 e. The number of rotatable bonds is 3. The maximum absolute atomic E-state index is 3.37. The lowest BCUT2D eigenvalue weighted by Crippen LogP contribution is -2.69. The van der Waals surface area contributed by atoms with Crippen molar-refractivity contribution in [2.24, 2.45) is 0 Å². The predicted octanol–water partition coefficient (Wildman–Crippen LogP) is -0.854. The van der Waals surface area contributed by atoms with Crippen LogP contribution >= 0.6 is 0 Å². The first-order chi connectivity index (χ1) is 6.94. The monoisotopic (exact) mass is 230 g/mol. The lowest BCUT2D eigenvalue weighted by Gasteiger charge is -2.53. The zero-order valence-corrected chi connectivity index (χ0v) is 13.0. The Balaban J connectivity index is 2.81. The Bertz CT molecular complexity index is 212. The van der Waals surface area contributed by atoms with Crippen LogP contribution in [0.2, 0.25) is 6.04 Å². The van der Waals surface area contributed by atoms with Crippen molar-refractivity contribution < 1.29 is 0 Å². The molecular weight excluding hydrogens is 204 g/mol. The van der Waals surface area contributed by atoms with Crippen molar-refractivity contribution in [2.45, 2.75) is 31.5 Å². The van der Waals surface area contributed by atoms with Crippen LogP contribution in [-0.2, 0) is 0 Å². The van der Waals surface area contributed by atoms with Crippen molar-refractivity contribution in [1.29, 1.82) is 0 Å². The quantitative estimate of drug-likeness (QED) is 0.637. The third-order valence-electron chi connectivity index (χ3n) is 3.59. The normalized spacial score (nSPS) is 35.2. The Morgan fingerprint density at radius 3 is 2.53 bits per heavy atom. The number of piperazine rings is 1. The molecule has 5 heteroatoms. The summed E-state index contributed by atoms with van der Waals surface area (Å²) in [5.41, 5.74) is 3.65. The standard InChI is InChI=1S/C10H26N4Si/c1-9-6-13(12(4)5)7-10(2,8-15)14(9)11-3/h9,11H,6-8H2,1-5,15H3/t9-,10+/m0/s1. The summed E-state index contributed by atoms with van der Waals surface area (Å²) in [6.45, 7) is 6.88. The van der Waals surface area contributed by atoms with E-state index in [4.69, 9.17) is 0 Å². The van der Waals surface area contributed by atoms with Gasteiger partial charge in [-0.3, -0.25) is 5.43 Å². The molecule has 1 fully saturated rings. The number of nitrogens with zero attached hydrogens (tertiary/aromatic N) is 3. The summed E-state index contributed by atoms with van der Waals surface area (Å²) in [4.78, 5) is 0. The second-order valence-electron chi connectivity index (χ2n) is 4.99. The van der Waals surface area contributed by atoms with Crippen LogP contribution in [0.4, 0.5) is 0 Å². The minimum absolute atomic E-state index is 0.281. The van der Waals surface area contributed by atoms with Crippen LogP contribution in [0.5, 0.6) is 0 Å². The van der Waals surface area contributed by atoms with Crippen molar-refractivity contribution in [3.8, 4) is 0 Å². The minimum Gasteiger partial charge on any atom is -0.257 e. The van der Waals surface area contributed by atoms with Crippen molar-refractivity contribution in [1.82, 2.24) is 20.5 Å². The molecule has 0 bridgehead atoms. The SMILES string of the molecule is CNN1[C@@H](C)CN(N(C)C)C[C@]1(C)C[SiH3]. The molecule has 1 aliphatic heterocycles. The molecule has 2 atom stereocenters. The zero-order chi connectivity index (χ0) is 11.6. The topological polar surface area (TPSA) is 21.8 Å². The zero-order valence-electron chi connectivity index (χ0n) is 11.0. The van der Waals surface area contributed by atoms with Gasteiger partial charge in [-0.2, -0.15) is 0 Å². The third kappa shape index (κ3) is 2.60. The lowest BCUT2D eigenvalue weighted by molar-refractivity contribution is -0.116. The summed E-state index contributed by atoms with van der Waals surface area (Å²) in [7, 11) is 7.56. The third-order valence-corrected chi connectivity index (χ3v) is 5.11. The Kier molecular flexibility index (Phi) is 4.31. The highest BCUT2D eigenvalue weighted by Crippen LogP contribution is 2.26. The number of hydrazine groups is 2. The van der Waals surface area contributed by atoms with Gasteiger partial charge in [-0.05, 0) is 26.9 Å². The molecule has 0 unspecified atom stereocenters. The van der Waals surface area contributed by atoms with Gasteiger partial charge in [0.25, 0.3) is 0 Å². The maximum Gasteiger partial charge on any atom is 0.0439 e. The van der Waals surface area contributed by atoms with Gasteiger partial charge < -0.3 is 0 Å². The van der Waals surface area contributed by atoms with E-state index in [0.717, 1.165) is 13.1 Å². The molecule has 15 heavy (non-hydrogen) atoms. The molecule has 1 rings (SSSR count). The van der Waals surface area contributed by atoms with Crippen LogP contribution in [-0.4, -0.2) is 71.1 Å². The van der Waals surface area contributed by atoms with Gasteiger partial charge in [-0.25, -0.2) is 15.0 Å². The van der Waals surface area contributed by atoms with E-state index in [-0.39, 0.29) is 5.54 Å². The summed E-state index contributed by atoms with van der Waals surface area (Å²) >= 11 is 0. The number of nitrogens with one attached hydrogen (secondary N) is 1. The van der Waals surface area contributed by atoms with Gasteiger partial charge in [0.15, 0.2) is 0 Å². The van der Waals surface area contributed by atoms with Gasteiger partial charge in [-0.15, -0.1) is 0 Å². The van der Waals surface area contributed by atoms with Gasteiger partial charge in [0.05, 0.1) is 0 Å². The van der Waals surface area contributed by atoms with E-state index >= 15 is 0 Å². The van der Waals surface area contributed by atoms with Crippen molar-refractivity contribution in [3.05, 3.63) is 0 Å². The highest BCUT2D eigenvalue weighted by atomic mass is 28.1. The summed E-state index contributed by atoms with van der Waals surface area (Å²) < 4.78 is 0. The number of hydrogen-bond donors (Lipinski definition) is 1. The molecule has 0 aliphatic carbocycles. The van der Waals surface area contributed by atoms with Crippen molar-refractivity contribution >= 4 is 10.2 Å². The van der Waals surface area contributed by atoms with Crippen LogP contribution < -0.4 is 5.43 Å². The van der Waals surface area contributed by atoms with Crippen LogP contribution in [0, 0.1) is 0 Å². The van der Waals surface area contributed by atoms with Gasteiger partial charge in [0.2, 0.25) is 0 Å². The van der Waals surface area contributed by atoms with E-state index in [1.807, 2.05) is 7.05 Å². The highest BCUT2D eigenvalue weighted by Gasteiger charge is 2.40. The first-order valence-corrected chi connectivity index (χ1v) is 7.25. The minimum atomic E-state index is 0.281. The molecule has 0 aromatic rings. The second-order valence-corrected chi connectivity index (χ2v) is 5.69. The van der Waals surface area contributed by atoms with E-state index in [1.54, 1.807) is 0 Å². The Morgan fingerprint density at radius 2 is 2.13 bits per heavy atom. The predicted molar refractivity (Wildman–Crippen MR) is 68.8 cm³/mol. The molecule has 0 spiro atoms. The van der Waals surface area contributed by atoms with E-state index in [1.165, 1.54) is 16.3 Å². The van der Waals surface area contributed by atoms with Crippen LogP contribution in [0.15, 0.2) is 0 Å². The molecule has 0 saturated carbocycles. The molecule has 1 heterocycles. The molecule has 90 valence electrons. The Morgan fingerprint density at radius 1 is 1.53 bits per heavy atom. The highest BCUT2D eigenvalue weighted by molar-refractivity contribution is 6.09. The Hall–Kier alpha value is 0.0569. The van der Waals surface area contributed by atoms with Crippen LogP contribution in [0.3, 0.4) is 0 Å². The van der Waals surface area contributed by atoms with Gasteiger partial charge in [0, 0.05) is 49.0 Å². The molecule has 1 saturated heterocycles. The fourth-order valence-corrected chi connectivity index (χ4v) is 3.09. The van der Waals surface area contributed by atoms with Crippen molar-refractivity contribution in [3.63, 3.8) is 0 Å². The number of hydrogen-bond acceptors (Lipinski definition) is 4.